The molecule has 0 radical (unpaired) electrons. The van der Waals surface area contributed by atoms with Crippen LogP contribution >= 0.6 is 0 Å². The number of hydrogen-bond acceptors (Lipinski definition) is 4. The Morgan fingerprint density at radius 1 is 0.958 bits per heavy atom. The maximum Gasteiger partial charge on any atom is 0.231 e. The monoisotopic (exact) mass is 316 g/mol. The predicted octanol–water partition coefficient (Wildman–Crippen LogP) is 4.17. The van der Waals surface area contributed by atoms with Gasteiger partial charge in [-0.3, -0.25) is 0 Å². The lowest BCUT2D eigenvalue weighted by atomic mass is 10.0. The van der Waals surface area contributed by atoms with Gasteiger partial charge in [0.25, 0.3) is 0 Å². The molecule has 0 spiro atoms. The Kier molecular flexibility index (Phi) is 4.11. The normalized spacial score (nSPS) is 13.4. The minimum Gasteiger partial charge on any atom is -0.366 e. The highest BCUT2D eigenvalue weighted by Crippen LogP contribution is 2.31. The van der Waals surface area contributed by atoms with Crippen molar-refractivity contribution in [2.45, 2.75) is 19.4 Å². The third-order valence-corrected chi connectivity index (χ3v) is 4.31. The lowest BCUT2D eigenvalue weighted by Crippen LogP contribution is -2.26. The van der Waals surface area contributed by atoms with E-state index in [0.29, 0.717) is 0 Å². The lowest BCUT2D eigenvalue weighted by molar-refractivity contribution is 0.750. The van der Waals surface area contributed by atoms with E-state index in [4.69, 9.17) is 4.98 Å². The molecule has 0 unspecified atom stereocenters. The first-order valence-electron chi connectivity index (χ1n) is 8.36. The number of nitrogens with zero attached hydrogens (tertiary/aromatic N) is 3. The Morgan fingerprint density at radius 3 is 2.71 bits per heavy atom. The highest BCUT2D eigenvalue weighted by molar-refractivity contribution is 5.64. The maximum atomic E-state index is 4.71. The molecule has 0 atom stereocenters. The van der Waals surface area contributed by atoms with Gasteiger partial charge in [0.15, 0.2) is 0 Å². The summed E-state index contributed by atoms with van der Waals surface area (Å²) in [7, 11) is 0. The van der Waals surface area contributed by atoms with E-state index in [1.807, 2.05) is 30.5 Å². The minimum absolute atomic E-state index is 0.758. The largest absolute Gasteiger partial charge is 0.366 e. The summed E-state index contributed by atoms with van der Waals surface area (Å²) in [5.74, 6) is 1.62. The van der Waals surface area contributed by atoms with E-state index >= 15 is 0 Å². The maximum absolute atomic E-state index is 4.71. The summed E-state index contributed by atoms with van der Waals surface area (Å²) >= 11 is 0. The van der Waals surface area contributed by atoms with Crippen LogP contribution in [0.5, 0.6) is 0 Å². The average molecular weight is 316 g/mol. The van der Waals surface area contributed by atoms with Crippen LogP contribution in [0.25, 0.3) is 0 Å². The van der Waals surface area contributed by atoms with Crippen molar-refractivity contribution in [1.29, 1.82) is 0 Å². The second kappa shape index (κ2) is 6.71. The summed E-state index contributed by atoms with van der Waals surface area (Å²) < 4.78 is 0. The highest BCUT2D eigenvalue weighted by atomic mass is 15.3. The van der Waals surface area contributed by atoms with E-state index < -0.39 is 0 Å². The number of nitrogens with one attached hydrogen (secondary N) is 1. The van der Waals surface area contributed by atoms with Crippen LogP contribution in [0.2, 0.25) is 0 Å². The molecule has 0 bridgehead atoms. The van der Waals surface area contributed by atoms with Crippen LogP contribution in [0.1, 0.15) is 17.5 Å². The van der Waals surface area contributed by atoms with Crippen molar-refractivity contribution in [2.75, 3.05) is 16.8 Å². The fourth-order valence-corrected chi connectivity index (χ4v) is 3.11. The molecule has 0 aliphatic carbocycles. The Balaban J connectivity index is 1.55. The molecule has 0 saturated heterocycles. The smallest absolute Gasteiger partial charge is 0.231 e. The van der Waals surface area contributed by atoms with Crippen molar-refractivity contribution in [3.63, 3.8) is 0 Å². The number of aryl methyl sites for hydroxylation is 1. The fraction of sp³-hybridized carbons (Fsp3) is 0.200. The first-order valence-corrected chi connectivity index (χ1v) is 8.36. The van der Waals surface area contributed by atoms with E-state index in [9.17, 15) is 0 Å². The van der Waals surface area contributed by atoms with Crippen molar-refractivity contribution < 1.29 is 0 Å². The Labute approximate surface area is 142 Å². The Morgan fingerprint density at radius 2 is 1.79 bits per heavy atom. The molecule has 1 aliphatic rings. The lowest BCUT2D eigenvalue weighted by Gasteiger charge is -2.29. The van der Waals surface area contributed by atoms with E-state index in [1.54, 1.807) is 0 Å². The average Bonchev–Trinajstić information content (AvgIpc) is 2.67. The van der Waals surface area contributed by atoms with Gasteiger partial charge >= 0.3 is 0 Å². The van der Waals surface area contributed by atoms with E-state index in [0.717, 1.165) is 37.7 Å². The summed E-state index contributed by atoms with van der Waals surface area (Å²) in [6.45, 7) is 1.72. The van der Waals surface area contributed by atoms with Crippen molar-refractivity contribution in [3.05, 3.63) is 78.0 Å². The van der Waals surface area contributed by atoms with Crippen LogP contribution in [0.4, 0.5) is 17.5 Å². The first kappa shape index (κ1) is 14.7. The first-order chi connectivity index (χ1) is 11.9. The molecule has 0 fully saturated rings. The standard InChI is InChI=1S/C20H20N4/c1-2-7-16(8-3-1)15-22-19-12-13-21-20(23-19)24-14-6-10-17-9-4-5-11-18(17)24/h1-5,7-9,11-13H,6,10,14-15H2,(H,21,22,23). The number of benzene rings is 2. The molecule has 4 rings (SSSR count). The minimum atomic E-state index is 0.758. The van der Waals surface area contributed by atoms with Gasteiger partial charge in [-0.05, 0) is 36.1 Å². The number of aromatic nitrogens is 2. The highest BCUT2D eigenvalue weighted by Gasteiger charge is 2.19. The van der Waals surface area contributed by atoms with Gasteiger partial charge in [0.05, 0.1) is 0 Å². The molecule has 3 aromatic rings. The molecule has 4 heteroatoms. The van der Waals surface area contributed by atoms with Gasteiger partial charge in [0.1, 0.15) is 5.82 Å². The zero-order valence-electron chi connectivity index (χ0n) is 13.5. The van der Waals surface area contributed by atoms with E-state index in [-0.39, 0.29) is 0 Å². The van der Waals surface area contributed by atoms with Crippen LogP contribution in [0.3, 0.4) is 0 Å². The molecule has 1 aliphatic heterocycles. The molecular formula is C20H20N4. The van der Waals surface area contributed by atoms with Crippen LogP contribution < -0.4 is 10.2 Å². The van der Waals surface area contributed by atoms with Crippen molar-refractivity contribution in [2.24, 2.45) is 0 Å². The van der Waals surface area contributed by atoms with Gasteiger partial charge in [0.2, 0.25) is 5.95 Å². The van der Waals surface area contributed by atoms with Crippen LogP contribution in [-0.2, 0) is 13.0 Å². The SMILES string of the molecule is c1ccc(CNc2ccnc(N3CCCc4ccccc43)n2)cc1. The summed E-state index contributed by atoms with van der Waals surface area (Å²) in [6, 6.07) is 20.8. The summed E-state index contributed by atoms with van der Waals surface area (Å²) in [5, 5.41) is 3.39. The van der Waals surface area contributed by atoms with Gasteiger partial charge in [-0.2, -0.15) is 4.98 Å². The molecule has 2 aromatic carbocycles. The number of fused-ring (bicyclic) bond motifs is 1. The van der Waals surface area contributed by atoms with Crippen molar-refractivity contribution in [1.82, 2.24) is 9.97 Å². The fourth-order valence-electron chi connectivity index (χ4n) is 3.11. The molecule has 1 N–H and O–H groups in total. The molecule has 0 amide bonds. The van der Waals surface area contributed by atoms with Crippen molar-refractivity contribution in [3.8, 4) is 0 Å². The topological polar surface area (TPSA) is 41.1 Å². The molecule has 0 saturated carbocycles. The third kappa shape index (κ3) is 3.08. The van der Waals surface area contributed by atoms with Gasteiger partial charge in [-0.25, -0.2) is 4.98 Å². The molecule has 1 aromatic heterocycles. The second-order valence-electron chi connectivity index (χ2n) is 5.96. The molecule has 24 heavy (non-hydrogen) atoms. The summed E-state index contributed by atoms with van der Waals surface area (Å²) in [6.07, 6.45) is 4.08. The van der Waals surface area contributed by atoms with Crippen LogP contribution in [-0.4, -0.2) is 16.5 Å². The predicted molar refractivity (Wildman–Crippen MR) is 97.6 cm³/mol. The number of para-hydroxylation sites is 1. The molecule has 2 heterocycles. The number of hydrogen-bond donors (Lipinski definition) is 1. The van der Waals surface area contributed by atoms with E-state index in [2.05, 4.69) is 51.6 Å². The Hall–Kier alpha value is -2.88. The summed E-state index contributed by atoms with van der Waals surface area (Å²) in [4.78, 5) is 11.4. The number of anilines is 3. The molecule has 120 valence electrons. The third-order valence-electron chi connectivity index (χ3n) is 4.31. The van der Waals surface area contributed by atoms with Gasteiger partial charge in [0, 0.05) is 25.0 Å². The van der Waals surface area contributed by atoms with Crippen LogP contribution in [0, 0.1) is 0 Å². The Bertz CT molecular complexity index is 817. The summed E-state index contributed by atoms with van der Waals surface area (Å²) in [5.41, 5.74) is 3.83. The molecular weight excluding hydrogens is 296 g/mol. The zero-order valence-corrected chi connectivity index (χ0v) is 13.5. The van der Waals surface area contributed by atoms with Crippen LogP contribution in [0.15, 0.2) is 66.9 Å². The van der Waals surface area contributed by atoms with Gasteiger partial charge in [-0.15, -0.1) is 0 Å². The zero-order chi connectivity index (χ0) is 16.2. The van der Waals surface area contributed by atoms with Gasteiger partial charge in [-0.1, -0.05) is 48.5 Å². The number of rotatable bonds is 4. The second-order valence-corrected chi connectivity index (χ2v) is 5.96. The quantitative estimate of drug-likeness (QED) is 0.784. The van der Waals surface area contributed by atoms with E-state index in [1.165, 1.54) is 16.8 Å². The van der Waals surface area contributed by atoms with Gasteiger partial charge < -0.3 is 10.2 Å². The molecule has 4 nitrogen and oxygen atoms in total. The van der Waals surface area contributed by atoms with Crippen molar-refractivity contribution >= 4 is 17.5 Å².